The fourth-order valence-electron chi connectivity index (χ4n) is 2.36. The van der Waals surface area contributed by atoms with Crippen LogP contribution >= 0.6 is 11.3 Å². The van der Waals surface area contributed by atoms with Crippen LogP contribution in [0.15, 0.2) is 54.9 Å². The molecule has 4 aromatic rings. The van der Waals surface area contributed by atoms with E-state index < -0.39 is 0 Å². The Morgan fingerprint density at radius 1 is 1.05 bits per heavy atom. The van der Waals surface area contributed by atoms with Crippen molar-refractivity contribution < 1.29 is 5.11 Å². The molecule has 0 fully saturated rings. The van der Waals surface area contributed by atoms with E-state index in [0.717, 1.165) is 26.8 Å². The number of fused-ring (bicyclic) bond motifs is 1. The molecular weight excluding hydrogens is 296 g/mol. The van der Waals surface area contributed by atoms with Crippen molar-refractivity contribution in [2.75, 3.05) is 0 Å². The number of hydrogen-bond acceptors (Lipinski definition) is 5. The Labute approximate surface area is 130 Å². The zero-order chi connectivity index (χ0) is 14.9. The number of imidazole rings is 1. The summed E-state index contributed by atoms with van der Waals surface area (Å²) in [5, 5.41) is 15.2. The van der Waals surface area contributed by atoms with E-state index in [1.54, 1.807) is 16.9 Å². The van der Waals surface area contributed by atoms with Gasteiger partial charge in [0.1, 0.15) is 5.01 Å². The van der Waals surface area contributed by atoms with E-state index >= 15 is 0 Å². The Bertz CT molecular complexity index is 915. The van der Waals surface area contributed by atoms with Gasteiger partial charge in [-0.25, -0.2) is 9.50 Å². The molecule has 0 saturated heterocycles. The molecule has 1 N–H and O–H groups in total. The number of pyridine rings is 1. The van der Waals surface area contributed by atoms with Crippen LogP contribution in [0.2, 0.25) is 0 Å². The van der Waals surface area contributed by atoms with Gasteiger partial charge in [0.2, 0.25) is 4.96 Å². The van der Waals surface area contributed by atoms with Gasteiger partial charge in [-0.15, -0.1) is 0 Å². The Morgan fingerprint density at radius 2 is 1.86 bits per heavy atom. The topological polar surface area (TPSA) is 63.3 Å². The zero-order valence-corrected chi connectivity index (χ0v) is 12.4. The van der Waals surface area contributed by atoms with Crippen LogP contribution in [0, 0.1) is 0 Å². The van der Waals surface area contributed by atoms with Crippen molar-refractivity contribution in [3.8, 4) is 21.8 Å². The lowest BCUT2D eigenvalue weighted by Crippen LogP contribution is -1.95. The molecule has 0 aliphatic carbocycles. The second kappa shape index (κ2) is 5.32. The molecule has 5 nitrogen and oxygen atoms in total. The van der Waals surface area contributed by atoms with E-state index in [4.69, 9.17) is 0 Å². The molecule has 0 amide bonds. The summed E-state index contributed by atoms with van der Waals surface area (Å²) >= 11 is 1.50. The predicted molar refractivity (Wildman–Crippen MR) is 85.5 cm³/mol. The first-order valence-corrected chi connectivity index (χ1v) is 7.63. The Balaban J connectivity index is 1.88. The Hall–Kier alpha value is -2.57. The molecule has 108 valence electrons. The van der Waals surface area contributed by atoms with Crippen LogP contribution in [0.5, 0.6) is 0 Å². The third-order valence-electron chi connectivity index (χ3n) is 3.40. The fourth-order valence-corrected chi connectivity index (χ4v) is 3.29. The quantitative estimate of drug-likeness (QED) is 0.632. The van der Waals surface area contributed by atoms with Crippen molar-refractivity contribution in [1.82, 2.24) is 19.6 Å². The van der Waals surface area contributed by atoms with Crippen LogP contribution in [0.3, 0.4) is 0 Å². The molecule has 1 aromatic carbocycles. The highest BCUT2D eigenvalue weighted by molar-refractivity contribution is 7.19. The minimum atomic E-state index is -0.122. The Kier molecular flexibility index (Phi) is 3.17. The number of aliphatic hydroxyl groups is 1. The number of nitrogens with zero attached hydrogens (tertiary/aromatic N) is 4. The summed E-state index contributed by atoms with van der Waals surface area (Å²) in [4.78, 5) is 9.49. The van der Waals surface area contributed by atoms with Gasteiger partial charge in [-0.3, -0.25) is 4.98 Å². The lowest BCUT2D eigenvalue weighted by molar-refractivity contribution is 0.275. The first-order valence-electron chi connectivity index (χ1n) is 6.82. The first kappa shape index (κ1) is 13.1. The van der Waals surface area contributed by atoms with Crippen molar-refractivity contribution in [2.45, 2.75) is 6.61 Å². The zero-order valence-electron chi connectivity index (χ0n) is 11.5. The first-order chi connectivity index (χ1) is 10.9. The van der Waals surface area contributed by atoms with Crippen LogP contribution < -0.4 is 0 Å². The number of aliphatic hydroxyl groups excluding tert-OH is 1. The molecule has 0 atom stereocenters. The molecule has 3 aromatic heterocycles. The van der Waals surface area contributed by atoms with Gasteiger partial charge in [0.25, 0.3) is 0 Å². The molecule has 4 rings (SSSR count). The lowest BCUT2D eigenvalue weighted by Gasteiger charge is -2.00. The average molecular weight is 308 g/mol. The van der Waals surface area contributed by atoms with Gasteiger partial charge in [-0.2, -0.15) is 5.10 Å². The summed E-state index contributed by atoms with van der Waals surface area (Å²) in [7, 11) is 0. The van der Waals surface area contributed by atoms with Crippen molar-refractivity contribution in [1.29, 1.82) is 0 Å². The van der Waals surface area contributed by atoms with Gasteiger partial charge in [0.05, 0.1) is 18.0 Å². The van der Waals surface area contributed by atoms with Crippen LogP contribution in [0.25, 0.3) is 26.8 Å². The minimum Gasteiger partial charge on any atom is -0.390 e. The average Bonchev–Trinajstić information content (AvgIpc) is 3.14. The van der Waals surface area contributed by atoms with E-state index in [9.17, 15) is 5.11 Å². The van der Waals surface area contributed by atoms with E-state index in [0.29, 0.717) is 5.69 Å². The van der Waals surface area contributed by atoms with Gasteiger partial charge in [-0.1, -0.05) is 41.7 Å². The summed E-state index contributed by atoms with van der Waals surface area (Å²) in [5.74, 6) is 0. The summed E-state index contributed by atoms with van der Waals surface area (Å²) in [6.45, 7) is -0.122. The summed E-state index contributed by atoms with van der Waals surface area (Å²) in [6.07, 6.45) is 3.45. The molecule has 0 aliphatic rings. The third kappa shape index (κ3) is 2.09. The van der Waals surface area contributed by atoms with Crippen molar-refractivity contribution in [3.63, 3.8) is 0 Å². The maximum absolute atomic E-state index is 9.73. The second-order valence-electron chi connectivity index (χ2n) is 4.77. The van der Waals surface area contributed by atoms with Gasteiger partial charge in [-0.05, 0) is 12.1 Å². The molecule has 0 spiro atoms. The van der Waals surface area contributed by atoms with Crippen LogP contribution in [-0.4, -0.2) is 24.7 Å². The maximum Gasteiger partial charge on any atom is 0.213 e. The summed E-state index contributed by atoms with van der Waals surface area (Å²) in [6, 6.07) is 13.7. The molecule has 22 heavy (non-hydrogen) atoms. The van der Waals surface area contributed by atoms with Crippen molar-refractivity contribution in [2.24, 2.45) is 0 Å². The number of aromatic nitrogens is 4. The highest BCUT2D eigenvalue weighted by Crippen LogP contribution is 2.30. The molecule has 3 heterocycles. The van der Waals surface area contributed by atoms with E-state index in [1.165, 1.54) is 11.3 Å². The van der Waals surface area contributed by atoms with Gasteiger partial charge in [0.15, 0.2) is 0 Å². The molecule has 0 radical (unpaired) electrons. The molecule has 0 saturated carbocycles. The number of rotatable bonds is 3. The Morgan fingerprint density at radius 3 is 2.59 bits per heavy atom. The summed E-state index contributed by atoms with van der Waals surface area (Å²) in [5.41, 5.74) is 3.34. The third-order valence-corrected chi connectivity index (χ3v) is 4.36. The number of hydrogen-bond donors (Lipinski definition) is 1. The summed E-state index contributed by atoms with van der Waals surface area (Å²) < 4.78 is 1.72. The van der Waals surface area contributed by atoms with Gasteiger partial charge < -0.3 is 5.11 Å². The molecule has 0 unspecified atom stereocenters. The minimum absolute atomic E-state index is 0.122. The molecular formula is C16H12N4OS. The van der Waals surface area contributed by atoms with Gasteiger partial charge in [0, 0.05) is 23.5 Å². The van der Waals surface area contributed by atoms with Crippen molar-refractivity contribution >= 4 is 16.3 Å². The highest BCUT2D eigenvalue weighted by Gasteiger charge is 2.17. The monoisotopic (exact) mass is 308 g/mol. The van der Waals surface area contributed by atoms with E-state index in [-0.39, 0.29) is 6.61 Å². The van der Waals surface area contributed by atoms with E-state index in [2.05, 4.69) is 15.1 Å². The smallest absolute Gasteiger partial charge is 0.213 e. The lowest BCUT2D eigenvalue weighted by atomic mass is 10.2. The predicted octanol–water partition coefficient (Wildman–Crippen LogP) is 3.01. The van der Waals surface area contributed by atoms with Crippen LogP contribution in [0.4, 0.5) is 0 Å². The highest BCUT2D eigenvalue weighted by atomic mass is 32.1. The molecule has 0 bridgehead atoms. The van der Waals surface area contributed by atoms with E-state index in [1.807, 2.05) is 42.5 Å². The fraction of sp³-hybridized carbons (Fsp3) is 0.0625. The molecule has 6 heteroatoms. The SMILES string of the molecule is OCc1c(-c2cccnc2)nc2sc(-c3ccccc3)nn12. The van der Waals surface area contributed by atoms with Crippen molar-refractivity contribution in [3.05, 3.63) is 60.6 Å². The largest absolute Gasteiger partial charge is 0.390 e. The number of benzene rings is 1. The van der Waals surface area contributed by atoms with Gasteiger partial charge >= 0.3 is 0 Å². The normalized spacial score (nSPS) is 11.1. The molecule has 0 aliphatic heterocycles. The maximum atomic E-state index is 9.73. The second-order valence-corrected chi connectivity index (χ2v) is 5.73. The van der Waals surface area contributed by atoms with Crippen LogP contribution in [0.1, 0.15) is 5.69 Å². The van der Waals surface area contributed by atoms with Crippen LogP contribution in [-0.2, 0) is 6.61 Å². The standard InChI is InChI=1S/C16H12N4OS/c21-10-13-14(12-7-4-8-17-9-12)18-16-20(13)19-15(22-16)11-5-2-1-3-6-11/h1-9,21H,10H2.